The molecule has 0 bridgehead atoms. The standard InChI is InChI=1S/C20H16N6OS/c1-12-21-15-9-5-3-7-13(15)18(22-12)28-11-17-23-24-20-25(2)19(27)14-8-4-6-10-16(14)26(17)20/h3-10H,11H2,1-2H3. The van der Waals surface area contributed by atoms with Crippen LogP contribution in [-0.2, 0) is 12.8 Å². The summed E-state index contributed by atoms with van der Waals surface area (Å²) in [4.78, 5) is 21.7. The fourth-order valence-corrected chi connectivity index (χ4v) is 4.36. The number of para-hydroxylation sites is 2. The topological polar surface area (TPSA) is 78.0 Å². The SMILES string of the molecule is Cc1nc(SCc2nnc3n(C)c(=O)c4ccccc4n23)c2ccccc2n1. The van der Waals surface area contributed by atoms with Crippen molar-refractivity contribution in [2.75, 3.05) is 0 Å². The Balaban J connectivity index is 1.63. The summed E-state index contributed by atoms with van der Waals surface area (Å²) in [6.07, 6.45) is 0. The van der Waals surface area contributed by atoms with Crippen LogP contribution >= 0.6 is 11.8 Å². The molecule has 7 nitrogen and oxygen atoms in total. The molecular weight excluding hydrogens is 372 g/mol. The van der Waals surface area contributed by atoms with E-state index in [1.807, 2.05) is 59.9 Å². The fraction of sp³-hybridized carbons (Fsp3) is 0.150. The van der Waals surface area contributed by atoms with Gasteiger partial charge < -0.3 is 0 Å². The van der Waals surface area contributed by atoms with Gasteiger partial charge in [0.15, 0.2) is 0 Å². The Hall–Kier alpha value is -3.26. The van der Waals surface area contributed by atoms with Crippen molar-refractivity contribution in [3.8, 4) is 0 Å². The number of rotatable bonds is 3. The highest BCUT2D eigenvalue weighted by atomic mass is 32.2. The van der Waals surface area contributed by atoms with Crippen molar-refractivity contribution in [1.82, 2.24) is 29.1 Å². The molecule has 138 valence electrons. The molecule has 0 atom stereocenters. The van der Waals surface area contributed by atoms with Crippen molar-refractivity contribution in [2.45, 2.75) is 17.7 Å². The zero-order valence-electron chi connectivity index (χ0n) is 15.3. The normalized spacial score (nSPS) is 11.6. The monoisotopic (exact) mass is 388 g/mol. The second-order valence-electron chi connectivity index (χ2n) is 6.51. The lowest BCUT2D eigenvalue weighted by molar-refractivity contribution is 0.857. The summed E-state index contributed by atoms with van der Waals surface area (Å²) in [7, 11) is 1.72. The summed E-state index contributed by atoms with van der Waals surface area (Å²) in [5.74, 6) is 2.61. The van der Waals surface area contributed by atoms with E-state index in [4.69, 9.17) is 0 Å². The summed E-state index contributed by atoms with van der Waals surface area (Å²) < 4.78 is 3.48. The molecule has 0 aliphatic carbocycles. The van der Waals surface area contributed by atoms with Crippen LogP contribution in [-0.4, -0.2) is 29.1 Å². The van der Waals surface area contributed by atoms with Crippen LogP contribution in [0.25, 0.3) is 27.6 Å². The number of aromatic nitrogens is 6. The van der Waals surface area contributed by atoms with Crippen LogP contribution in [0.3, 0.4) is 0 Å². The molecule has 3 heterocycles. The van der Waals surface area contributed by atoms with Gasteiger partial charge in [0.05, 0.1) is 22.2 Å². The highest BCUT2D eigenvalue weighted by Gasteiger charge is 2.15. The number of nitrogens with zero attached hydrogens (tertiary/aromatic N) is 6. The quantitative estimate of drug-likeness (QED) is 0.349. The lowest BCUT2D eigenvalue weighted by Crippen LogP contribution is -2.20. The average Bonchev–Trinajstić information content (AvgIpc) is 3.14. The van der Waals surface area contributed by atoms with Gasteiger partial charge in [-0.3, -0.25) is 13.8 Å². The van der Waals surface area contributed by atoms with Gasteiger partial charge in [0.1, 0.15) is 16.7 Å². The van der Waals surface area contributed by atoms with Gasteiger partial charge in [0.2, 0.25) is 5.78 Å². The van der Waals surface area contributed by atoms with Crippen molar-refractivity contribution in [2.24, 2.45) is 7.05 Å². The minimum Gasteiger partial charge on any atom is -0.279 e. The molecule has 28 heavy (non-hydrogen) atoms. The number of benzene rings is 2. The molecular formula is C20H16N6OS. The largest absolute Gasteiger partial charge is 0.279 e. The Labute approximate surface area is 164 Å². The van der Waals surface area contributed by atoms with E-state index >= 15 is 0 Å². The van der Waals surface area contributed by atoms with Crippen molar-refractivity contribution >= 4 is 39.3 Å². The molecule has 8 heteroatoms. The minimum atomic E-state index is -0.0767. The van der Waals surface area contributed by atoms with Crippen LogP contribution in [0.15, 0.2) is 58.4 Å². The Morgan fingerprint density at radius 1 is 0.964 bits per heavy atom. The van der Waals surface area contributed by atoms with Crippen LogP contribution in [0.5, 0.6) is 0 Å². The van der Waals surface area contributed by atoms with Gasteiger partial charge in [0, 0.05) is 12.4 Å². The first-order chi connectivity index (χ1) is 13.6. The van der Waals surface area contributed by atoms with Gasteiger partial charge in [0.25, 0.3) is 5.56 Å². The summed E-state index contributed by atoms with van der Waals surface area (Å²) >= 11 is 1.59. The highest BCUT2D eigenvalue weighted by Crippen LogP contribution is 2.28. The molecule has 0 aliphatic rings. The maximum atomic E-state index is 12.6. The number of hydrogen-bond donors (Lipinski definition) is 0. The molecule has 5 aromatic rings. The molecule has 0 fully saturated rings. The third-order valence-corrected chi connectivity index (χ3v) is 5.70. The Morgan fingerprint density at radius 3 is 2.57 bits per heavy atom. The zero-order chi connectivity index (χ0) is 19.3. The summed E-state index contributed by atoms with van der Waals surface area (Å²) in [5.41, 5.74) is 1.66. The van der Waals surface area contributed by atoms with E-state index in [1.165, 1.54) is 4.57 Å². The zero-order valence-corrected chi connectivity index (χ0v) is 16.1. The Kier molecular flexibility index (Phi) is 3.87. The predicted molar refractivity (Wildman–Crippen MR) is 110 cm³/mol. The van der Waals surface area contributed by atoms with E-state index in [9.17, 15) is 4.79 Å². The minimum absolute atomic E-state index is 0.0767. The lowest BCUT2D eigenvalue weighted by atomic mass is 10.2. The fourth-order valence-electron chi connectivity index (χ4n) is 3.39. The van der Waals surface area contributed by atoms with Crippen molar-refractivity contribution in [1.29, 1.82) is 0 Å². The molecule has 0 radical (unpaired) electrons. The molecule has 0 aliphatic heterocycles. The van der Waals surface area contributed by atoms with Crippen LogP contribution in [0.1, 0.15) is 11.6 Å². The second kappa shape index (κ2) is 6.42. The third-order valence-electron chi connectivity index (χ3n) is 4.71. The van der Waals surface area contributed by atoms with Crippen LogP contribution < -0.4 is 5.56 Å². The maximum Gasteiger partial charge on any atom is 0.262 e. The smallest absolute Gasteiger partial charge is 0.262 e. The van der Waals surface area contributed by atoms with Gasteiger partial charge in [-0.25, -0.2) is 9.97 Å². The van der Waals surface area contributed by atoms with Crippen LogP contribution in [0, 0.1) is 6.92 Å². The van der Waals surface area contributed by atoms with E-state index in [0.717, 1.165) is 33.1 Å². The van der Waals surface area contributed by atoms with Crippen molar-refractivity contribution in [3.63, 3.8) is 0 Å². The first-order valence-electron chi connectivity index (χ1n) is 8.81. The van der Waals surface area contributed by atoms with E-state index in [0.29, 0.717) is 16.9 Å². The van der Waals surface area contributed by atoms with Gasteiger partial charge in [-0.15, -0.1) is 10.2 Å². The van der Waals surface area contributed by atoms with Gasteiger partial charge >= 0.3 is 0 Å². The number of fused-ring (bicyclic) bond motifs is 4. The lowest BCUT2D eigenvalue weighted by Gasteiger charge is -2.08. The van der Waals surface area contributed by atoms with E-state index < -0.39 is 0 Å². The first-order valence-corrected chi connectivity index (χ1v) is 9.80. The molecule has 5 rings (SSSR count). The number of thioether (sulfide) groups is 1. The van der Waals surface area contributed by atoms with Crippen molar-refractivity contribution < 1.29 is 0 Å². The van der Waals surface area contributed by atoms with Crippen LogP contribution in [0.2, 0.25) is 0 Å². The number of hydrogen-bond acceptors (Lipinski definition) is 6. The van der Waals surface area contributed by atoms with Gasteiger partial charge in [-0.1, -0.05) is 42.1 Å². The van der Waals surface area contributed by atoms with Crippen LogP contribution in [0.4, 0.5) is 0 Å². The average molecular weight is 388 g/mol. The summed E-state index contributed by atoms with van der Waals surface area (Å²) in [5, 5.41) is 11.2. The first kappa shape index (κ1) is 16.9. The molecule has 0 amide bonds. The predicted octanol–water partition coefficient (Wildman–Crippen LogP) is 3.13. The summed E-state index contributed by atoms with van der Waals surface area (Å²) in [6, 6.07) is 15.5. The van der Waals surface area contributed by atoms with Crippen molar-refractivity contribution in [3.05, 3.63) is 70.5 Å². The molecule has 0 unspecified atom stereocenters. The number of aryl methyl sites for hydroxylation is 2. The molecule has 0 saturated heterocycles. The van der Waals surface area contributed by atoms with E-state index in [-0.39, 0.29) is 5.56 Å². The molecule has 3 aromatic heterocycles. The molecule has 0 N–H and O–H groups in total. The second-order valence-corrected chi connectivity index (χ2v) is 7.48. The maximum absolute atomic E-state index is 12.6. The van der Waals surface area contributed by atoms with E-state index in [2.05, 4.69) is 20.2 Å². The molecule has 0 spiro atoms. The molecule has 0 saturated carbocycles. The van der Waals surface area contributed by atoms with Gasteiger partial charge in [-0.05, 0) is 25.1 Å². The Morgan fingerprint density at radius 2 is 1.71 bits per heavy atom. The summed E-state index contributed by atoms with van der Waals surface area (Å²) in [6.45, 7) is 1.90. The Bertz CT molecular complexity index is 1420. The van der Waals surface area contributed by atoms with Gasteiger partial charge in [-0.2, -0.15) is 0 Å². The molecule has 2 aromatic carbocycles. The highest BCUT2D eigenvalue weighted by molar-refractivity contribution is 7.98. The van der Waals surface area contributed by atoms with E-state index in [1.54, 1.807) is 18.8 Å². The third kappa shape index (κ3) is 2.56.